The monoisotopic (exact) mass is 278 g/mol. The van der Waals surface area contributed by atoms with E-state index in [4.69, 9.17) is 0 Å². The predicted molar refractivity (Wildman–Crippen MR) is 75.8 cm³/mol. The van der Waals surface area contributed by atoms with Crippen LogP contribution < -0.4 is 10.6 Å². The highest BCUT2D eigenvalue weighted by Gasteiger charge is 2.18. The van der Waals surface area contributed by atoms with E-state index in [0.717, 1.165) is 25.9 Å². The lowest BCUT2D eigenvalue weighted by Gasteiger charge is -2.29. The smallest absolute Gasteiger partial charge is 0.319 e. The molecule has 7 heteroatoms. The summed E-state index contributed by atoms with van der Waals surface area (Å²) in [4.78, 5) is 24.2. The quantitative estimate of drug-likeness (QED) is 0.652. The molecule has 0 spiro atoms. The van der Waals surface area contributed by atoms with Crippen molar-refractivity contribution >= 4 is 17.4 Å². The number of nitro benzene ring substituents is 1. The Balaban J connectivity index is 1.88. The number of benzene rings is 1. The SMILES string of the molecule is CN1CCC(NC(=O)Nc2cccc([N+](=O)[O-])c2)CC1. The second kappa shape index (κ2) is 6.33. The van der Waals surface area contributed by atoms with Crippen LogP contribution in [0, 0.1) is 10.1 Å². The fraction of sp³-hybridized carbons (Fsp3) is 0.462. The number of rotatable bonds is 3. The summed E-state index contributed by atoms with van der Waals surface area (Å²) in [6, 6.07) is 5.74. The Kier molecular flexibility index (Phi) is 4.52. The highest BCUT2D eigenvalue weighted by atomic mass is 16.6. The third kappa shape index (κ3) is 3.92. The van der Waals surface area contributed by atoms with Gasteiger partial charge in [-0.2, -0.15) is 0 Å². The Morgan fingerprint density at radius 1 is 1.40 bits per heavy atom. The number of piperidine rings is 1. The molecule has 7 nitrogen and oxygen atoms in total. The minimum absolute atomic E-state index is 0.0397. The first-order valence-electron chi connectivity index (χ1n) is 6.55. The average molecular weight is 278 g/mol. The number of nitro groups is 1. The van der Waals surface area contributed by atoms with Crippen molar-refractivity contribution in [3.8, 4) is 0 Å². The van der Waals surface area contributed by atoms with Gasteiger partial charge in [-0.25, -0.2) is 4.79 Å². The zero-order chi connectivity index (χ0) is 14.5. The maximum absolute atomic E-state index is 11.8. The normalized spacial score (nSPS) is 16.6. The average Bonchev–Trinajstić information content (AvgIpc) is 2.41. The molecule has 0 radical (unpaired) electrons. The van der Waals surface area contributed by atoms with Gasteiger partial charge in [-0.3, -0.25) is 10.1 Å². The first-order valence-corrected chi connectivity index (χ1v) is 6.55. The predicted octanol–water partition coefficient (Wildman–Crippen LogP) is 1.81. The number of hydrogen-bond donors (Lipinski definition) is 2. The van der Waals surface area contributed by atoms with E-state index in [2.05, 4.69) is 22.6 Å². The number of carbonyl (C=O) groups is 1. The van der Waals surface area contributed by atoms with Crippen LogP contribution in [0.4, 0.5) is 16.2 Å². The van der Waals surface area contributed by atoms with Gasteiger partial charge in [0.25, 0.3) is 5.69 Å². The zero-order valence-corrected chi connectivity index (χ0v) is 11.3. The van der Waals surface area contributed by atoms with Crippen molar-refractivity contribution in [2.75, 3.05) is 25.5 Å². The van der Waals surface area contributed by atoms with E-state index in [1.165, 1.54) is 12.1 Å². The molecular weight excluding hydrogens is 260 g/mol. The number of non-ortho nitro benzene ring substituents is 1. The molecule has 2 amide bonds. The maximum Gasteiger partial charge on any atom is 0.319 e. The van der Waals surface area contributed by atoms with Crippen LogP contribution in [0.25, 0.3) is 0 Å². The molecule has 108 valence electrons. The minimum atomic E-state index is -0.486. The summed E-state index contributed by atoms with van der Waals surface area (Å²) in [7, 11) is 2.05. The molecule has 1 aromatic rings. The third-order valence-electron chi connectivity index (χ3n) is 3.37. The molecule has 0 aromatic heterocycles. The number of anilines is 1. The summed E-state index contributed by atoms with van der Waals surface area (Å²) >= 11 is 0. The topological polar surface area (TPSA) is 87.5 Å². The fourth-order valence-corrected chi connectivity index (χ4v) is 2.20. The van der Waals surface area contributed by atoms with E-state index in [1.54, 1.807) is 12.1 Å². The number of amides is 2. The van der Waals surface area contributed by atoms with Crippen molar-refractivity contribution in [2.45, 2.75) is 18.9 Å². The number of urea groups is 1. The van der Waals surface area contributed by atoms with E-state index in [0.29, 0.717) is 5.69 Å². The van der Waals surface area contributed by atoms with Gasteiger partial charge in [-0.1, -0.05) is 6.07 Å². The van der Waals surface area contributed by atoms with Crippen molar-refractivity contribution in [3.05, 3.63) is 34.4 Å². The van der Waals surface area contributed by atoms with Crippen molar-refractivity contribution in [2.24, 2.45) is 0 Å². The van der Waals surface area contributed by atoms with Gasteiger partial charge >= 0.3 is 6.03 Å². The lowest BCUT2D eigenvalue weighted by molar-refractivity contribution is -0.384. The molecule has 1 aromatic carbocycles. The van der Waals surface area contributed by atoms with Crippen molar-refractivity contribution in [1.29, 1.82) is 0 Å². The van der Waals surface area contributed by atoms with E-state index in [1.807, 2.05) is 0 Å². The first-order chi connectivity index (χ1) is 9.54. The van der Waals surface area contributed by atoms with Gasteiger partial charge in [0.05, 0.1) is 4.92 Å². The van der Waals surface area contributed by atoms with Crippen LogP contribution in [0.1, 0.15) is 12.8 Å². The summed E-state index contributed by atoms with van der Waals surface area (Å²) in [6.45, 7) is 1.92. The highest BCUT2D eigenvalue weighted by Crippen LogP contribution is 2.17. The van der Waals surface area contributed by atoms with Gasteiger partial charge < -0.3 is 15.5 Å². The van der Waals surface area contributed by atoms with E-state index in [9.17, 15) is 14.9 Å². The molecule has 2 N–H and O–H groups in total. The Morgan fingerprint density at radius 2 is 2.10 bits per heavy atom. The molecule has 1 saturated heterocycles. The van der Waals surface area contributed by atoms with E-state index in [-0.39, 0.29) is 17.8 Å². The number of carbonyl (C=O) groups excluding carboxylic acids is 1. The van der Waals surface area contributed by atoms with Gasteiger partial charge in [0, 0.05) is 23.9 Å². The number of nitrogens with one attached hydrogen (secondary N) is 2. The van der Waals surface area contributed by atoms with Crippen LogP contribution in [0.5, 0.6) is 0 Å². The Morgan fingerprint density at radius 3 is 2.75 bits per heavy atom. The first kappa shape index (κ1) is 14.3. The van der Waals surface area contributed by atoms with Gasteiger partial charge in [-0.05, 0) is 39.0 Å². The highest BCUT2D eigenvalue weighted by molar-refractivity contribution is 5.89. The molecule has 0 unspecified atom stereocenters. The largest absolute Gasteiger partial charge is 0.335 e. The number of nitrogens with zero attached hydrogens (tertiary/aromatic N) is 2. The Labute approximate surface area is 117 Å². The maximum atomic E-state index is 11.8. The van der Waals surface area contributed by atoms with Crippen LogP contribution in [0.15, 0.2) is 24.3 Å². The molecule has 1 fully saturated rings. The van der Waals surface area contributed by atoms with Crippen molar-refractivity contribution in [1.82, 2.24) is 10.2 Å². The molecule has 0 saturated carbocycles. The summed E-state index contributed by atoms with van der Waals surface area (Å²) in [6.07, 6.45) is 1.83. The molecular formula is C13H18N4O3. The van der Waals surface area contributed by atoms with Gasteiger partial charge in [0.1, 0.15) is 0 Å². The molecule has 1 heterocycles. The molecule has 1 aliphatic heterocycles. The summed E-state index contributed by atoms with van der Waals surface area (Å²) in [5.41, 5.74) is 0.381. The number of likely N-dealkylation sites (tertiary alicyclic amines) is 1. The third-order valence-corrected chi connectivity index (χ3v) is 3.37. The molecule has 0 bridgehead atoms. The van der Waals surface area contributed by atoms with E-state index < -0.39 is 4.92 Å². The zero-order valence-electron chi connectivity index (χ0n) is 11.3. The molecule has 0 aliphatic carbocycles. The Hall–Kier alpha value is -2.15. The second-order valence-corrected chi connectivity index (χ2v) is 4.98. The van der Waals surface area contributed by atoms with Crippen molar-refractivity contribution in [3.63, 3.8) is 0 Å². The van der Waals surface area contributed by atoms with Gasteiger partial charge in [-0.15, -0.1) is 0 Å². The van der Waals surface area contributed by atoms with E-state index >= 15 is 0 Å². The minimum Gasteiger partial charge on any atom is -0.335 e. The lowest BCUT2D eigenvalue weighted by atomic mass is 10.1. The fourth-order valence-electron chi connectivity index (χ4n) is 2.20. The molecule has 0 atom stereocenters. The van der Waals surface area contributed by atoms with Crippen LogP contribution in [-0.2, 0) is 0 Å². The molecule has 20 heavy (non-hydrogen) atoms. The summed E-state index contributed by atoms with van der Waals surface area (Å²) in [5, 5.41) is 16.2. The summed E-state index contributed by atoms with van der Waals surface area (Å²) < 4.78 is 0. The van der Waals surface area contributed by atoms with Crippen LogP contribution in [0.3, 0.4) is 0 Å². The standard InChI is InChI=1S/C13H18N4O3/c1-16-7-5-10(6-8-16)14-13(18)15-11-3-2-4-12(9-11)17(19)20/h2-4,9-10H,5-8H2,1H3,(H2,14,15,18). The van der Waals surface area contributed by atoms with Crippen LogP contribution in [0.2, 0.25) is 0 Å². The Bertz CT molecular complexity index is 498. The number of hydrogen-bond acceptors (Lipinski definition) is 4. The molecule has 2 rings (SSSR count). The lowest BCUT2D eigenvalue weighted by Crippen LogP contribution is -2.44. The second-order valence-electron chi connectivity index (χ2n) is 4.98. The van der Waals surface area contributed by atoms with Gasteiger partial charge in [0.15, 0.2) is 0 Å². The van der Waals surface area contributed by atoms with Crippen molar-refractivity contribution < 1.29 is 9.72 Å². The van der Waals surface area contributed by atoms with Crippen LogP contribution in [-0.4, -0.2) is 42.0 Å². The van der Waals surface area contributed by atoms with Crippen LogP contribution >= 0.6 is 0 Å². The summed E-state index contributed by atoms with van der Waals surface area (Å²) in [5.74, 6) is 0. The van der Waals surface area contributed by atoms with Gasteiger partial charge in [0.2, 0.25) is 0 Å². The molecule has 1 aliphatic rings.